The number of aromatic amines is 1. The molecule has 4 atom stereocenters. The average molecular weight is 355 g/mol. The van der Waals surface area contributed by atoms with Crippen LogP contribution in [0.4, 0.5) is 4.39 Å². The van der Waals surface area contributed by atoms with Gasteiger partial charge in [-0.25, -0.2) is 9.18 Å². The molecule has 12 heteroatoms. The lowest BCUT2D eigenvalue weighted by molar-refractivity contribution is -0.124. The number of hydrogen-bond acceptors (Lipinski definition) is 7. The van der Waals surface area contributed by atoms with Crippen LogP contribution in [0.2, 0.25) is 0 Å². The van der Waals surface area contributed by atoms with Crippen molar-refractivity contribution in [2.24, 2.45) is 5.11 Å². The summed E-state index contributed by atoms with van der Waals surface area (Å²) in [7, 11) is 0. The third-order valence-corrected chi connectivity index (χ3v) is 3.50. The summed E-state index contributed by atoms with van der Waals surface area (Å²) < 4.78 is 20.1. The van der Waals surface area contributed by atoms with Crippen molar-refractivity contribution in [3.63, 3.8) is 0 Å². The number of H-pyrrole nitrogens is 1. The minimum Gasteiger partial charge on any atom is -0.395 e. The van der Waals surface area contributed by atoms with E-state index in [9.17, 15) is 24.2 Å². The molecule has 0 saturated carbocycles. The lowest BCUT2D eigenvalue weighted by atomic mass is 10.1. The summed E-state index contributed by atoms with van der Waals surface area (Å²) in [5, 5.41) is 31.0. The standard InChI is InChI=1S/C13H14FN5O6/c14-8-9(22)13(6-21,17-18-15)25-11(8)19-5-7(3-1-2-4-20)10(23)16-12(19)24/h5,8-9,11,20-22H,2,4,6H2,(H,16,23,24)/t8-,9-,11+,13+/m0/s1. The number of nitrogens with one attached hydrogen (secondary N) is 1. The zero-order valence-electron chi connectivity index (χ0n) is 12.7. The zero-order valence-corrected chi connectivity index (χ0v) is 12.7. The predicted molar refractivity (Wildman–Crippen MR) is 79.9 cm³/mol. The van der Waals surface area contributed by atoms with E-state index >= 15 is 0 Å². The Morgan fingerprint density at radius 1 is 1.52 bits per heavy atom. The van der Waals surface area contributed by atoms with Crippen LogP contribution in [0.15, 0.2) is 20.9 Å². The second kappa shape index (κ2) is 7.47. The van der Waals surface area contributed by atoms with Crippen LogP contribution in [0.25, 0.3) is 10.4 Å². The van der Waals surface area contributed by atoms with E-state index in [2.05, 4.69) is 21.9 Å². The Hall–Kier alpha value is -2.68. The number of aromatic nitrogens is 2. The van der Waals surface area contributed by atoms with E-state index < -0.39 is 42.1 Å². The fourth-order valence-corrected chi connectivity index (χ4v) is 2.26. The lowest BCUT2D eigenvalue weighted by Gasteiger charge is -2.23. The largest absolute Gasteiger partial charge is 0.395 e. The Kier molecular flexibility index (Phi) is 5.58. The number of nitrogens with zero attached hydrogens (tertiary/aromatic N) is 4. The number of azide groups is 1. The monoisotopic (exact) mass is 355 g/mol. The highest BCUT2D eigenvalue weighted by Gasteiger charge is 2.56. The van der Waals surface area contributed by atoms with E-state index in [0.29, 0.717) is 4.57 Å². The van der Waals surface area contributed by atoms with Gasteiger partial charge in [0.15, 0.2) is 12.4 Å². The molecule has 1 aliphatic heterocycles. The molecule has 1 saturated heterocycles. The highest BCUT2D eigenvalue weighted by Crippen LogP contribution is 2.39. The molecule has 4 N–H and O–H groups in total. The molecular formula is C13H14FN5O6. The highest BCUT2D eigenvalue weighted by atomic mass is 19.1. The van der Waals surface area contributed by atoms with Gasteiger partial charge in [-0.05, 0) is 5.53 Å². The molecule has 11 nitrogen and oxygen atoms in total. The number of rotatable bonds is 4. The number of hydrogen-bond donors (Lipinski definition) is 4. The van der Waals surface area contributed by atoms with Crippen molar-refractivity contribution in [3.05, 3.63) is 43.0 Å². The topological polar surface area (TPSA) is 174 Å². The van der Waals surface area contributed by atoms with E-state index in [1.165, 1.54) is 0 Å². The molecular weight excluding hydrogens is 341 g/mol. The Labute approximate surface area is 138 Å². The van der Waals surface area contributed by atoms with Crippen LogP contribution >= 0.6 is 0 Å². The Bertz CT molecular complexity index is 866. The van der Waals surface area contributed by atoms with Crippen LogP contribution in [0.1, 0.15) is 18.2 Å². The quantitative estimate of drug-likeness (QED) is 0.221. The highest BCUT2D eigenvalue weighted by molar-refractivity contribution is 5.29. The van der Waals surface area contributed by atoms with Crippen LogP contribution in [0.3, 0.4) is 0 Å². The van der Waals surface area contributed by atoms with Gasteiger partial charge in [0.2, 0.25) is 5.72 Å². The normalized spacial score (nSPS) is 28.1. The number of ether oxygens (including phenoxy) is 1. The number of halogens is 1. The van der Waals surface area contributed by atoms with Crippen molar-refractivity contribution < 1.29 is 24.4 Å². The third kappa shape index (κ3) is 3.41. The van der Waals surface area contributed by atoms with E-state index in [0.717, 1.165) is 6.20 Å². The van der Waals surface area contributed by atoms with Gasteiger partial charge in [-0.3, -0.25) is 14.3 Å². The summed E-state index contributed by atoms with van der Waals surface area (Å²) >= 11 is 0. The molecule has 1 aromatic rings. The first-order valence-corrected chi connectivity index (χ1v) is 7.02. The van der Waals surface area contributed by atoms with E-state index in [4.69, 9.17) is 15.4 Å². The predicted octanol–water partition coefficient (Wildman–Crippen LogP) is -1.50. The third-order valence-electron chi connectivity index (χ3n) is 3.50. The van der Waals surface area contributed by atoms with Gasteiger partial charge in [-0.2, -0.15) is 0 Å². The van der Waals surface area contributed by atoms with Crippen LogP contribution < -0.4 is 11.2 Å². The van der Waals surface area contributed by atoms with Gasteiger partial charge in [0, 0.05) is 17.5 Å². The summed E-state index contributed by atoms with van der Waals surface area (Å²) in [6.45, 7) is -1.27. The van der Waals surface area contributed by atoms with Gasteiger partial charge in [0.1, 0.15) is 11.7 Å². The molecule has 0 bridgehead atoms. The summed E-state index contributed by atoms with van der Waals surface area (Å²) in [6.07, 6.45) is -5.05. The summed E-state index contributed by atoms with van der Waals surface area (Å²) in [4.78, 5) is 28.0. The molecule has 134 valence electrons. The van der Waals surface area contributed by atoms with Crippen LogP contribution in [-0.2, 0) is 4.74 Å². The molecule has 2 rings (SSSR count). The first kappa shape index (κ1) is 18.7. The Morgan fingerprint density at radius 3 is 2.84 bits per heavy atom. The maximum Gasteiger partial charge on any atom is 0.330 e. The Balaban J connectivity index is 2.50. The zero-order chi connectivity index (χ0) is 18.6. The molecule has 2 heterocycles. The average Bonchev–Trinajstić information content (AvgIpc) is 2.83. The van der Waals surface area contributed by atoms with Gasteiger partial charge in [0.25, 0.3) is 5.56 Å². The molecule has 1 aromatic heterocycles. The fraction of sp³-hybridized carbons (Fsp3) is 0.538. The molecule has 0 radical (unpaired) electrons. The fourth-order valence-electron chi connectivity index (χ4n) is 2.26. The van der Waals surface area contributed by atoms with Crippen molar-refractivity contribution in [1.29, 1.82) is 0 Å². The van der Waals surface area contributed by atoms with Crippen molar-refractivity contribution >= 4 is 0 Å². The molecule has 0 aromatic carbocycles. The van der Waals surface area contributed by atoms with Gasteiger partial charge in [0.05, 0.1) is 13.2 Å². The van der Waals surface area contributed by atoms with Crippen LogP contribution in [0, 0.1) is 11.8 Å². The van der Waals surface area contributed by atoms with Crippen molar-refractivity contribution in [3.8, 4) is 11.8 Å². The Morgan fingerprint density at radius 2 is 2.24 bits per heavy atom. The molecule has 25 heavy (non-hydrogen) atoms. The maximum atomic E-state index is 14.4. The lowest BCUT2D eigenvalue weighted by Crippen LogP contribution is -2.43. The second-order valence-corrected chi connectivity index (χ2v) is 5.07. The van der Waals surface area contributed by atoms with Crippen LogP contribution in [0.5, 0.6) is 0 Å². The van der Waals surface area contributed by atoms with E-state index in [1.807, 2.05) is 4.98 Å². The molecule has 1 aliphatic rings. The number of alkyl halides is 1. The summed E-state index contributed by atoms with van der Waals surface area (Å²) in [5.74, 6) is 4.88. The SMILES string of the molecule is [N-]=[N+]=N[C@]1(CO)O[C@@H](n2cc(C#CCCO)c(=O)[nH]c2=O)[C@@H](F)[C@@H]1O. The van der Waals surface area contributed by atoms with Crippen LogP contribution in [-0.4, -0.2) is 56.1 Å². The maximum absolute atomic E-state index is 14.4. The van der Waals surface area contributed by atoms with Gasteiger partial charge >= 0.3 is 5.69 Å². The first-order chi connectivity index (χ1) is 11.9. The number of aliphatic hydroxyl groups excluding tert-OH is 3. The molecule has 0 unspecified atom stereocenters. The van der Waals surface area contributed by atoms with Gasteiger partial charge in [-0.1, -0.05) is 17.0 Å². The van der Waals surface area contributed by atoms with E-state index in [-0.39, 0.29) is 18.6 Å². The van der Waals surface area contributed by atoms with Gasteiger partial charge in [-0.15, -0.1) is 0 Å². The van der Waals surface area contributed by atoms with Crippen molar-refractivity contribution in [1.82, 2.24) is 9.55 Å². The van der Waals surface area contributed by atoms with E-state index in [1.54, 1.807) is 0 Å². The molecule has 0 spiro atoms. The second-order valence-electron chi connectivity index (χ2n) is 5.07. The minimum atomic E-state index is -2.31. The van der Waals surface area contributed by atoms with Crippen molar-refractivity contribution in [2.45, 2.75) is 30.6 Å². The van der Waals surface area contributed by atoms with Crippen molar-refractivity contribution in [2.75, 3.05) is 13.2 Å². The summed E-state index contributed by atoms with van der Waals surface area (Å²) in [6, 6.07) is 0. The number of aliphatic hydroxyl groups is 3. The first-order valence-electron chi connectivity index (χ1n) is 7.02. The smallest absolute Gasteiger partial charge is 0.330 e. The molecule has 1 fully saturated rings. The summed E-state index contributed by atoms with van der Waals surface area (Å²) in [5.41, 5.74) is 4.13. The molecule has 0 aliphatic carbocycles. The minimum absolute atomic E-state index is 0.0768. The molecule has 0 amide bonds. The van der Waals surface area contributed by atoms with Gasteiger partial charge < -0.3 is 20.1 Å².